The van der Waals surface area contributed by atoms with Crippen molar-refractivity contribution in [2.75, 3.05) is 6.54 Å². The molecule has 1 aromatic carbocycles. The van der Waals surface area contributed by atoms with E-state index in [1.165, 1.54) is 0 Å². The molecule has 1 atom stereocenters. The van der Waals surface area contributed by atoms with Crippen LogP contribution >= 0.6 is 0 Å². The van der Waals surface area contributed by atoms with E-state index in [0.717, 1.165) is 24.3 Å². The molecular weight excluding hydrogens is 264 g/mol. The second kappa shape index (κ2) is 5.21. The molecule has 0 aliphatic rings. The first kappa shape index (κ1) is 14.2. The van der Waals surface area contributed by atoms with Crippen LogP contribution in [0.4, 0.5) is 5.69 Å². The fraction of sp³-hybridized carbons (Fsp3) is 0.222. The summed E-state index contributed by atoms with van der Waals surface area (Å²) >= 11 is 0. The topological polar surface area (TPSA) is 141 Å². The van der Waals surface area contributed by atoms with Crippen LogP contribution in [0.3, 0.4) is 0 Å². The summed E-state index contributed by atoms with van der Waals surface area (Å²) in [5.41, 5.74) is 4.80. The Morgan fingerprint density at radius 1 is 1.39 bits per heavy atom. The quantitative estimate of drug-likeness (QED) is 0.333. The molecule has 0 saturated carbocycles. The molecule has 1 rings (SSSR count). The SMILES string of the molecule is NCC(C(=O)c1ccc([N+](=O)[O-])cc1)S(=O)(=O)O. The fourth-order valence-electron chi connectivity index (χ4n) is 1.30. The highest BCUT2D eigenvalue weighted by Gasteiger charge is 2.30. The molecule has 0 fully saturated rings. The Labute approximate surface area is 102 Å². The van der Waals surface area contributed by atoms with E-state index in [9.17, 15) is 23.3 Å². The maximum atomic E-state index is 11.7. The number of carbonyl (C=O) groups excluding carboxylic acids is 1. The van der Waals surface area contributed by atoms with Gasteiger partial charge in [0.25, 0.3) is 15.8 Å². The molecule has 8 nitrogen and oxygen atoms in total. The van der Waals surface area contributed by atoms with Gasteiger partial charge in [-0.05, 0) is 12.1 Å². The van der Waals surface area contributed by atoms with E-state index in [4.69, 9.17) is 10.3 Å². The smallest absolute Gasteiger partial charge is 0.276 e. The van der Waals surface area contributed by atoms with Crippen LogP contribution < -0.4 is 5.73 Å². The predicted molar refractivity (Wildman–Crippen MR) is 61.8 cm³/mol. The van der Waals surface area contributed by atoms with Gasteiger partial charge in [-0.15, -0.1) is 0 Å². The van der Waals surface area contributed by atoms with Gasteiger partial charge in [-0.1, -0.05) is 0 Å². The first-order chi connectivity index (χ1) is 8.27. The summed E-state index contributed by atoms with van der Waals surface area (Å²) in [7, 11) is -4.60. The highest BCUT2D eigenvalue weighted by molar-refractivity contribution is 7.87. The average Bonchev–Trinajstić information content (AvgIpc) is 2.28. The highest BCUT2D eigenvalue weighted by Crippen LogP contribution is 2.15. The Balaban J connectivity index is 3.07. The number of nitrogens with two attached hydrogens (primary N) is 1. The zero-order valence-corrected chi connectivity index (χ0v) is 9.83. The lowest BCUT2D eigenvalue weighted by molar-refractivity contribution is -0.384. The van der Waals surface area contributed by atoms with Crippen molar-refractivity contribution in [1.29, 1.82) is 0 Å². The molecule has 0 aliphatic heterocycles. The van der Waals surface area contributed by atoms with Crippen molar-refractivity contribution < 1.29 is 22.7 Å². The Hall–Kier alpha value is -1.84. The number of rotatable bonds is 5. The van der Waals surface area contributed by atoms with E-state index in [1.54, 1.807) is 0 Å². The van der Waals surface area contributed by atoms with Gasteiger partial charge in [0.2, 0.25) is 0 Å². The summed E-state index contributed by atoms with van der Waals surface area (Å²) in [4.78, 5) is 21.5. The van der Waals surface area contributed by atoms with E-state index >= 15 is 0 Å². The van der Waals surface area contributed by atoms with E-state index in [1.807, 2.05) is 0 Å². The van der Waals surface area contributed by atoms with E-state index in [-0.39, 0.29) is 11.3 Å². The molecule has 1 unspecified atom stereocenters. The molecule has 0 aromatic heterocycles. The average molecular weight is 274 g/mol. The zero-order chi connectivity index (χ0) is 13.9. The van der Waals surface area contributed by atoms with Gasteiger partial charge in [0.15, 0.2) is 11.0 Å². The maximum Gasteiger partial charge on any atom is 0.276 e. The minimum Gasteiger partial charge on any atom is -0.329 e. The summed E-state index contributed by atoms with van der Waals surface area (Å²) in [5, 5.41) is 8.63. The molecule has 98 valence electrons. The lowest BCUT2D eigenvalue weighted by Gasteiger charge is -2.09. The number of benzene rings is 1. The summed E-state index contributed by atoms with van der Waals surface area (Å²) in [6.45, 7) is -0.575. The van der Waals surface area contributed by atoms with Crippen LogP contribution in [0.15, 0.2) is 24.3 Å². The van der Waals surface area contributed by atoms with Crippen molar-refractivity contribution >= 4 is 21.6 Å². The van der Waals surface area contributed by atoms with Crippen molar-refractivity contribution in [2.24, 2.45) is 5.73 Å². The number of nitro benzene ring substituents is 1. The van der Waals surface area contributed by atoms with Crippen LogP contribution in [0.2, 0.25) is 0 Å². The summed E-state index contributed by atoms with van der Waals surface area (Å²) in [6.07, 6.45) is 0. The number of non-ortho nitro benzene ring substituents is 1. The van der Waals surface area contributed by atoms with Crippen molar-refractivity contribution in [3.63, 3.8) is 0 Å². The van der Waals surface area contributed by atoms with E-state index in [2.05, 4.69) is 0 Å². The van der Waals surface area contributed by atoms with Crippen molar-refractivity contribution in [2.45, 2.75) is 5.25 Å². The zero-order valence-electron chi connectivity index (χ0n) is 9.02. The molecule has 9 heteroatoms. The van der Waals surface area contributed by atoms with Crippen molar-refractivity contribution in [1.82, 2.24) is 0 Å². The van der Waals surface area contributed by atoms with Gasteiger partial charge in [-0.25, -0.2) is 0 Å². The van der Waals surface area contributed by atoms with Crippen molar-refractivity contribution in [3.8, 4) is 0 Å². The van der Waals surface area contributed by atoms with Crippen LogP contribution in [-0.4, -0.2) is 35.5 Å². The van der Waals surface area contributed by atoms with Gasteiger partial charge in [-0.2, -0.15) is 8.42 Å². The Bertz CT molecular complexity index is 565. The second-order valence-electron chi connectivity index (χ2n) is 3.41. The molecule has 1 aromatic rings. The van der Waals surface area contributed by atoms with E-state index < -0.39 is 32.6 Å². The maximum absolute atomic E-state index is 11.7. The van der Waals surface area contributed by atoms with Crippen LogP contribution in [0.25, 0.3) is 0 Å². The van der Waals surface area contributed by atoms with Crippen LogP contribution in [0, 0.1) is 10.1 Å². The minimum atomic E-state index is -4.60. The Kier molecular flexibility index (Phi) is 4.11. The Morgan fingerprint density at radius 2 is 1.89 bits per heavy atom. The highest BCUT2D eigenvalue weighted by atomic mass is 32.2. The third kappa shape index (κ3) is 3.09. The number of Topliss-reactive ketones (excluding diaryl/α,β-unsaturated/α-hetero) is 1. The predicted octanol–water partition coefficient (Wildman–Crippen LogP) is -0.00740. The number of nitrogens with zero attached hydrogens (tertiary/aromatic N) is 1. The third-order valence-corrected chi connectivity index (χ3v) is 3.35. The first-order valence-electron chi connectivity index (χ1n) is 4.72. The van der Waals surface area contributed by atoms with Crippen LogP contribution in [0.1, 0.15) is 10.4 Å². The molecule has 3 N–H and O–H groups in total. The molecular formula is C9H10N2O6S. The summed E-state index contributed by atoms with van der Waals surface area (Å²) < 4.78 is 30.6. The first-order valence-corrected chi connectivity index (χ1v) is 6.22. The van der Waals surface area contributed by atoms with Crippen molar-refractivity contribution in [3.05, 3.63) is 39.9 Å². The molecule has 0 bridgehead atoms. The normalized spacial score (nSPS) is 13.0. The number of hydrogen-bond acceptors (Lipinski definition) is 6. The van der Waals surface area contributed by atoms with Gasteiger partial charge in [0.1, 0.15) is 0 Å². The minimum absolute atomic E-state index is 0.0753. The van der Waals surface area contributed by atoms with Gasteiger partial charge in [-0.3, -0.25) is 19.5 Å². The number of nitro groups is 1. The monoisotopic (exact) mass is 274 g/mol. The summed E-state index contributed by atoms with van der Waals surface area (Å²) in [6, 6.07) is 4.33. The molecule has 0 amide bonds. The standard InChI is InChI=1S/C9H10N2O6S/c10-5-8(18(15,16)17)9(12)6-1-3-7(4-2-6)11(13)14/h1-4,8H,5,10H2,(H,15,16,17). The molecule has 0 spiro atoms. The largest absolute Gasteiger partial charge is 0.329 e. The molecule has 18 heavy (non-hydrogen) atoms. The molecule has 0 radical (unpaired) electrons. The summed E-state index contributed by atoms with van der Waals surface area (Å²) in [5.74, 6) is -0.908. The van der Waals surface area contributed by atoms with Crippen LogP contribution in [-0.2, 0) is 10.1 Å². The van der Waals surface area contributed by atoms with Gasteiger partial charge in [0, 0.05) is 24.2 Å². The van der Waals surface area contributed by atoms with Gasteiger partial charge >= 0.3 is 0 Å². The Morgan fingerprint density at radius 3 is 2.22 bits per heavy atom. The lowest BCUT2D eigenvalue weighted by Crippen LogP contribution is -2.36. The number of carbonyl (C=O) groups is 1. The third-order valence-electron chi connectivity index (χ3n) is 2.23. The van der Waals surface area contributed by atoms with Gasteiger partial charge in [0.05, 0.1) is 4.92 Å². The molecule has 0 heterocycles. The van der Waals surface area contributed by atoms with Gasteiger partial charge < -0.3 is 5.73 Å². The molecule has 0 saturated heterocycles. The molecule has 0 aliphatic carbocycles. The number of hydrogen-bond donors (Lipinski definition) is 2. The second-order valence-corrected chi connectivity index (χ2v) is 5.01. The van der Waals surface area contributed by atoms with Crippen LogP contribution in [0.5, 0.6) is 0 Å². The lowest BCUT2D eigenvalue weighted by atomic mass is 10.1. The van der Waals surface area contributed by atoms with E-state index in [0.29, 0.717) is 0 Å². The number of ketones is 1. The fourth-order valence-corrected chi connectivity index (χ4v) is 1.95.